The minimum atomic E-state index is -1.10. The molecule has 1 amide bonds. The zero-order valence-corrected chi connectivity index (χ0v) is 15.3. The molecule has 6 heteroatoms. The molecule has 2 rings (SSSR count). The van der Waals surface area contributed by atoms with E-state index in [1.54, 1.807) is 49.4 Å². The molecular formula is C20H23NO5. The Morgan fingerprint density at radius 3 is 2.46 bits per heavy atom. The lowest BCUT2D eigenvalue weighted by atomic mass is 9.88. The van der Waals surface area contributed by atoms with Crippen LogP contribution < -0.4 is 14.8 Å². The van der Waals surface area contributed by atoms with Gasteiger partial charge in [0, 0.05) is 5.56 Å². The third kappa shape index (κ3) is 4.33. The van der Waals surface area contributed by atoms with Crippen LogP contribution in [-0.4, -0.2) is 31.2 Å². The van der Waals surface area contributed by atoms with Crippen LogP contribution in [0.1, 0.15) is 34.8 Å². The highest BCUT2D eigenvalue weighted by molar-refractivity contribution is 5.95. The van der Waals surface area contributed by atoms with Gasteiger partial charge < -0.3 is 19.9 Å². The average molecular weight is 357 g/mol. The van der Waals surface area contributed by atoms with Crippen molar-refractivity contribution >= 4 is 11.9 Å². The predicted octanol–water partition coefficient (Wildman–Crippen LogP) is 3.13. The van der Waals surface area contributed by atoms with Crippen molar-refractivity contribution in [3.8, 4) is 11.5 Å². The molecule has 0 aromatic heterocycles. The van der Waals surface area contributed by atoms with Gasteiger partial charge in [0.05, 0.1) is 26.2 Å². The summed E-state index contributed by atoms with van der Waals surface area (Å²) < 4.78 is 10.5. The van der Waals surface area contributed by atoms with Crippen molar-refractivity contribution in [3.63, 3.8) is 0 Å². The van der Waals surface area contributed by atoms with E-state index in [0.29, 0.717) is 22.6 Å². The molecule has 0 heterocycles. The van der Waals surface area contributed by atoms with Gasteiger partial charge in [-0.2, -0.15) is 0 Å². The SMILES string of the molecule is COc1cccc(C(C)(CC(=O)O)NC(=O)c2ccc(C)c(OC)c2)c1. The number of amides is 1. The lowest BCUT2D eigenvalue weighted by Crippen LogP contribution is -2.45. The van der Waals surface area contributed by atoms with Crippen molar-refractivity contribution in [3.05, 3.63) is 59.2 Å². The van der Waals surface area contributed by atoms with Crippen LogP contribution in [0.5, 0.6) is 11.5 Å². The highest BCUT2D eigenvalue weighted by Crippen LogP contribution is 2.29. The maximum Gasteiger partial charge on any atom is 0.306 e. The van der Waals surface area contributed by atoms with Gasteiger partial charge in [-0.3, -0.25) is 9.59 Å². The van der Waals surface area contributed by atoms with Gasteiger partial charge in [0.1, 0.15) is 11.5 Å². The summed E-state index contributed by atoms with van der Waals surface area (Å²) in [5.41, 5.74) is 0.846. The number of carboxylic acids is 1. The van der Waals surface area contributed by atoms with E-state index >= 15 is 0 Å². The molecule has 2 aromatic carbocycles. The Morgan fingerprint density at radius 2 is 1.85 bits per heavy atom. The molecule has 0 aliphatic heterocycles. The quantitative estimate of drug-likeness (QED) is 0.795. The summed E-state index contributed by atoms with van der Waals surface area (Å²) in [5, 5.41) is 12.2. The van der Waals surface area contributed by atoms with E-state index in [1.165, 1.54) is 14.2 Å². The molecule has 1 atom stereocenters. The Labute approximate surface area is 152 Å². The number of benzene rings is 2. The summed E-state index contributed by atoms with van der Waals surface area (Å²) >= 11 is 0. The van der Waals surface area contributed by atoms with Gasteiger partial charge >= 0.3 is 5.97 Å². The summed E-state index contributed by atoms with van der Waals surface area (Å²) in [4.78, 5) is 24.2. The number of nitrogens with one attached hydrogen (secondary N) is 1. The maximum absolute atomic E-state index is 12.8. The van der Waals surface area contributed by atoms with E-state index in [2.05, 4.69) is 5.32 Å². The van der Waals surface area contributed by atoms with Crippen molar-refractivity contribution in [2.45, 2.75) is 25.8 Å². The number of ether oxygens (including phenoxy) is 2. The number of methoxy groups -OCH3 is 2. The van der Waals surface area contributed by atoms with Crippen LogP contribution in [-0.2, 0) is 10.3 Å². The van der Waals surface area contributed by atoms with E-state index in [1.807, 2.05) is 6.92 Å². The second kappa shape index (κ2) is 7.91. The minimum Gasteiger partial charge on any atom is -0.497 e. The molecule has 2 aromatic rings. The van der Waals surface area contributed by atoms with Crippen LogP contribution in [0.2, 0.25) is 0 Å². The Bertz CT molecular complexity index is 818. The van der Waals surface area contributed by atoms with Crippen LogP contribution >= 0.6 is 0 Å². The zero-order chi connectivity index (χ0) is 19.3. The largest absolute Gasteiger partial charge is 0.497 e. The standard InChI is InChI=1S/C20H23NO5/c1-13-8-9-14(10-17(13)26-4)19(24)21-20(2,12-18(22)23)15-6-5-7-16(11-15)25-3/h5-11H,12H2,1-4H3,(H,21,24)(H,22,23). The Morgan fingerprint density at radius 1 is 1.12 bits per heavy atom. The average Bonchev–Trinajstić information content (AvgIpc) is 2.61. The first-order valence-electron chi connectivity index (χ1n) is 8.12. The topological polar surface area (TPSA) is 84.9 Å². The molecule has 0 fully saturated rings. The molecule has 0 radical (unpaired) electrons. The summed E-state index contributed by atoms with van der Waals surface area (Å²) in [7, 11) is 3.07. The number of carboxylic acid groups (broad SMARTS) is 1. The van der Waals surface area contributed by atoms with Gasteiger partial charge in [0.15, 0.2) is 0 Å². The molecule has 0 aliphatic rings. The highest BCUT2D eigenvalue weighted by atomic mass is 16.5. The third-order valence-electron chi connectivity index (χ3n) is 4.27. The van der Waals surface area contributed by atoms with Gasteiger partial charge in [-0.15, -0.1) is 0 Å². The molecule has 6 nitrogen and oxygen atoms in total. The summed E-state index contributed by atoms with van der Waals surface area (Å²) in [5.74, 6) is -0.212. The molecule has 0 spiro atoms. The fourth-order valence-electron chi connectivity index (χ4n) is 2.77. The first-order chi connectivity index (χ1) is 12.3. The van der Waals surface area contributed by atoms with Gasteiger partial charge in [-0.05, 0) is 49.2 Å². The first-order valence-corrected chi connectivity index (χ1v) is 8.12. The molecule has 26 heavy (non-hydrogen) atoms. The molecule has 0 saturated carbocycles. The molecule has 0 bridgehead atoms. The van der Waals surface area contributed by atoms with E-state index in [4.69, 9.17) is 9.47 Å². The molecule has 1 unspecified atom stereocenters. The predicted molar refractivity (Wildman–Crippen MR) is 97.8 cm³/mol. The number of aryl methyl sites for hydroxylation is 1. The van der Waals surface area contributed by atoms with Gasteiger partial charge in [0.2, 0.25) is 0 Å². The van der Waals surface area contributed by atoms with Crippen molar-refractivity contribution in [2.75, 3.05) is 14.2 Å². The van der Waals surface area contributed by atoms with E-state index in [0.717, 1.165) is 5.56 Å². The van der Waals surface area contributed by atoms with Gasteiger partial charge in [-0.1, -0.05) is 18.2 Å². The highest BCUT2D eigenvalue weighted by Gasteiger charge is 2.32. The fraction of sp³-hybridized carbons (Fsp3) is 0.300. The van der Waals surface area contributed by atoms with Gasteiger partial charge in [-0.25, -0.2) is 0 Å². The van der Waals surface area contributed by atoms with E-state index in [9.17, 15) is 14.7 Å². The number of aliphatic carboxylic acids is 1. The molecule has 0 saturated heterocycles. The van der Waals surface area contributed by atoms with Crippen LogP contribution in [0.15, 0.2) is 42.5 Å². The number of carbonyl (C=O) groups is 2. The first kappa shape index (κ1) is 19.3. The lowest BCUT2D eigenvalue weighted by molar-refractivity contribution is -0.138. The smallest absolute Gasteiger partial charge is 0.306 e. The van der Waals surface area contributed by atoms with Crippen LogP contribution in [0.4, 0.5) is 0 Å². The van der Waals surface area contributed by atoms with Gasteiger partial charge in [0.25, 0.3) is 5.91 Å². The van der Waals surface area contributed by atoms with Crippen LogP contribution in [0.25, 0.3) is 0 Å². The molecule has 138 valence electrons. The van der Waals surface area contributed by atoms with Crippen molar-refractivity contribution < 1.29 is 24.2 Å². The van der Waals surface area contributed by atoms with E-state index in [-0.39, 0.29) is 12.3 Å². The van der Waals surface area contributed by atoms with Crippen molar-refractivity contribution in [2.24, 2.45) is 0 Å². The van der Waals surface area contributed by atoms with Crippen molar-refractivity contribution in [1.29, 1.82) is 0 Å². The normalized spacial score (nSPS) is 12.8. The fourth-order valence-corrected chi connectivity index (χ4v) is 2.77. The Hall–Kier alpha value is -3.02. The van der Waals surface area contributed by atoms with Crippen LogP contribution in [0, 0.1) is 6.92 Å². The number of hydrogen-bond donors (Lipinski definition) is 2. The van der Waals surface area contributed by atoms with E-state index < -0.39 is 11.5 Å². The Kier molecular flexibility index (Phi) is 5.87. The minimum absolute atomic E-state index is 0.269. The number of carbonyl (C=O) groups excluding carboxylic acids is 1. The summed E-state index contributed by atoms with van der Waals surface area (Å²) in [6.07, 6.45) is -0.269. The monoisotopic (exact) mass is 357 g/mol. The zero-order valence-electron chi connectivity index (χ0n) is 15.3. The second-order valence-corrected chi connectivity index (χ2v) is 6.27. The van der Waals surface area contributed by atoms with Crippen molar-refractivity contribution in [1.82, 2.24) is 5.32 Å². The lowest BCUT2D eigenvalue weighted by Gasteiger charge is -2.30. The molecule has 0 aliphatic carbocycles. The second-order valence-electron chi connectivity index (χ2n) is 6.27. The Balaban J connectivity index is 2.37. The summed E-state index contributed by atoms with van der Waals surface area (Å²) in [6, 6.07) is 12.1. The summed E-state index contributed by atoms with van der Waals surface area (Å²) in [6.45, 7) is 3.56. The molecular weight excluding hydrogens is 334 g/mol. The third-order valence-corrected chi connectivity index (χ3v) is 4.27. The van der Waals surface area contributed by atoms with Crippen LogP contribution in [0.3, 0.4) is 0 Å². The number of hydrogen-bond acceptors (Lipinski definition) is 4. The number of rotatable bonds is 7. The maximum atomic E-state index is 12.8. The molecule has 2 N–H and O–H groups in total.